The van der Waals surface area contributed by atoms with Gasteiger partial charge in [0, 0.05) is 18.7 Å². The number of amides is 3. The molecule has 3 amide bonds. The van der Waals surface area contributed by atoms with Crippen molar-refractivity contribution < 1.29 is 24.2 Å². The van der Waals surface area contributed by atoms with Gasteiger partial charge < -0.3 is 25.8 Å². The van der Waals surface area contributed by atoms with Crippen LogP contribution in [0, 0.1) is 12.8 Å². The largest absolute Gasteiger partial charge is 0.490 e. The molecule has 0 aromatic heterocycles. The average Bonchev–Trinajstić information content (AvgIpc) is 2.79. The van der Waals surface area contributed by atoms with Crippen LogP contribution in [0.5, 0.6) is 5.75 Å². The summed E-state index contributed by atoms with van der Waals surface area (Å²) in [6.45, 7) is 2.42. The van der Waals surface area contributed by atoms with Crippen LogP contribution in [0.4, 0.5) is 10.5 Å². The molecule has 4 N–H and O–H groups in total. The number of urea groups is 1. The number of carboxylic acids is 1. The Kier molecular flexibility index (Phi) is 8.54. The van der Waals surface area contributed by atoms with Gasteiger partial charge in [-0.05, 0) is 74.6 Å². The van der Waals surface area contributed by atoms with Crippen molar-refractivity contribution in [1.82, 2.24) is 10.6 Å². The number of anilines is 1. The Balaban J connectivity index is 1.36. The third-order valence-electron chi connectivity index (χ3n) is 5.51. The molecule has 0 aliphatic heterocycles. The second-order valence-electron chi connectivity index (χ2n) is 8.07. The van der Waals surface area contributed by atoms with Crippen LogP contribution >= 0.6 is 11.6 Å². The molecule has 0 saturated heterocycles. The fourth-order valence-electron chi connectivity index (χ4n) is 3.65. The molecule has 3 rings (SSSR count). The highest BCUT2D eigenvalue weighted by molar-refractivity contribution is 6.33. The Labute approximate surface area is 197 Å². The fraction of sp³-hybridized carbons (Fsp3) is 0.375. The van der Waals surface area contributed by atoms with Crippen molar-refractivity contribution in [3.63, 3.8) is 0 Å². The van der Waals surface area contributed by atoms with Gasteiger partial charge in [0.1, 0.15) is 5.75 Å². The van der Waals surface area contributed by atoms with Crippen molar-refractivity contribution in [3.05, 3.63) is 58.6 Å². The average molecular weight is 474 g/mol. The number of ether oxygens (including phenoxy) is 1. The summed E-state index contributed by atoms with van der Waals surface area (Å²) in [7, 11) is 0. The van der Waals surface area contributed by atoms with Crippen molar-refractivity contribution in [3.8, 4) is 5.75 Å². The molecule has 8 nitrogen and oxygen atoms in total. The molecule has 0 spiro atoms. The van der Waals surface area contributed by atoms with E-state index in [4.69, 9.17) is 21.4 Å². The highest BCUT2D eigenvalue weighted by atomic mass is 35.5. The van der Waals surface area contributed by atoms with E-state index >= 15 is 0 Å². The van der Waals surface area contributed by atoms with Gasteiger partial charge in [0.05, 0.1) is 22.7 Å². The van der Waals surface area contributed by atoms with E-state index in [9.17, 15) is 14.4 Å². The number of hydrogen-bond donors (Lipinski definition) is 4. The quantitative estimate of drug-likeness (QED) is 0.428. The number of halogens is 1. The molecule has 0 heterocycles. The minimum atomic E-state index is -0.740. The van der Waals surface area contributed by atoms with Gasteiger partial charge in [-0.2, -0.15) is 0 Å². The molecule has 2 aromatic carbocycles. The Morgan fingerprint density at radius 1 is 1.00 bits per heavy atom. The minimum absolute atomic E-state index is 0.00714. The minimum Gasteiger partial charge on any atom is -0.490 e. The number of carbonyl (C=O) groups is 3. The van der Waals surface area contributed by atoms with E-state index in [-0.39, 0.29) is 31.0 Å². The van der Waals surface area contributed by atoms with Gasteiger partial charge in [-0.15, -0.1) is 0 Å². The first-order valence-corrected chi connectivity index (χ1v) is 11.3. The number of aliphatic carboxylic acids is 1. The summed E-state index contributed by atoms with van der Waals surface area (Å²) in [6, 6.07) is 11.7. The van der Waals surface area contributed by atoms with Crippen LogP contribution in [0.1, 0.15) is 41.6 Å². The number of nitrogens with one attached hydrogen (secondary N) is 3. The summed E-state index contributed by atoms with van der Waals surface area (Å²) in [5, 5.41) is 17.6. The fourth-order valence-corrected chi connectivity index (χ4v) is 3.93. The van der Waals surface area contributed by atoms with Crippen LogP contribution in [0.2, 0.25) is 5.02 Å². The Morgan fingerprint density at radius 3 is 2.30 bits per heavy atom. The Morgan fingerprint density at radius 2 is 1.67 bits per heavy atom. The summed E-state index contributed by atoms with van der Waals surface area (Å²) in [5.74, 6) is -0.627. The first kappa shape index (κ1) is 24.4. The normalized spacial score (nSPS) is 17.6. The molecule has 0 unspecified atom stereocenters. The van der Waals surface area contributed by atoms with Crippen LogP contribution in [0.15, 0.2) is 42.5 Å². The third-order valence-corrected chi connectivity index (χ3v) is 5.82. The summed E-state index contributed by atoms with van der Waals surface area (Å²) < 4.78 is 5.92. The predicted molar refractivity (Wildman–Crippen MR) is 126 cm³/mol. The van der Waals surface area contributed by atoms with E-state index in [0.29, 0.717) is 47.7 Å². The topological polar surface area (TPSA) is 117 Å². The SMILES string of the molecule is Cc1ccc(NC(=O)NCCNC(=O)c2ccc(O[C@H]3CC[C@@H](C(=O)O)CC3)cc2)c(Cl)c1. The second kappa shape index (κ2) is 11.6. The molecule has 0 atom stereocenters. The molecule has 33 heavy (non-hydrogen) atoms. The maximum atomic E-state index is 12.3. The second-order valence-corrected chi connectivity index (χ2v) is 8.48. The van der Waals surface area contributed by atoms with Crippen molar-refractivity contribution in [2.45, 2.75) is 38.7 Å². The van der Waals surface area contributed by atoms with E-state index in [2.05, 4.69) is 16.0 Å². The van der Waals surface area contributed by atoms with E-state index in [0.717, 1.165) is 5.56 Å². The number of carbonyl (C=O) groups excluding carboxylic acids is 2. The maximum Gasteiger partial charge on any atom is 0.319 e. The molecular weight excluding hydrogens is 446 g/mol. The van der Waals surface area contributed by atoms with Crippen LogP contribution in [-0.2, 0) is 4.79 Å². The molecule has 1 aliphatic rings. The zero-order valence-electron chi connectivity index (χ0n) is 18.4. The molecule has 0 radical (unpaired) electrons. The molecule has 176 valence electrons. The van der Waals surface area contributed by atoms with Crippen LogP contribution in [0.25, 0.3) is 0 Å². The molecule has 1 fully saturated rings. The van der Waals surface area contributed by atoms with Gasteiger partial charge in [0.15, 0.2) is 0 Å². The van der Waals surface area contributed by atoms with E-state index in [1.807, 2.05) is 13.0 Å². The smallest absolute Gasteiger partial charge is 0.319 e. The molecule has 1 aliphatic carbocycles. The van der Waals surface area contributed by atoms with Crippen molar-refractivity contribution in [2.75, 3.05) is 18.4 Å². The van der Waals surface area contributed by atoms with E-state index in [1.54, 1.807) is 36.4 Å². The van der Waals surface area contributed by atoms with Crippen LogP contribution < -0.4 is 20.7 Å². The van der Waals surface area contributed by atoms with Gasteiger partial charge >= 0.3 is 12.0 Å². The lowest BCUT2D eigenvalue weighted by Crippen LogP contribution is -2.36. The first-order valence-electron chi connectivity index (χ1n) is 10.9. The van der Waals surface area contributed by atoms with Crippen LogP contribution in [-0.4, -0.2) is 42.2 Å². The number of carboxylic acid groups (broad SMARTS) is 1. The summed E-state index contributed by atoms with van der Waals surface area (Å²) in [4.78, 5) is 35.3. The summed E-state index contributed by atoms with van der Waals surface area (Å²) in [5.41, 5.74) is 1.99. The number of hydrogen-bond acceptors (Lipinski definition) is 4. The molecule has 0 bridgehead atoms. The van der Waals surface area contributed by atoms with Gasteiger partial charge in [-0.3, -0.25) is 9.59 Å². The number of rotatable bonds is 8. The molecule has 9 heteroatoms. The van der Waals surface area contributed by atoms with Crippen LogP contribution in [0.3, 0.4) is 0 Å². The molecule has 2 aromatic rings. The Hall–Kier alpha value is -3.26. The van der Waals surface area contributed by atoms with Gasteiger partial charge in [0.25, 0.3) is 5.91 Å². The van der Waals surface area contributed by atoms with Gasteiger partial charge in [-0.25, -0.2) is 4.79 Å². The number of benzene rings is 2. The first-order chi connectivity index (χ1) is 15.8. The summed E-state index contributed by atoms with van der Waals surface area (Å²) >= 11 is 6.10. The lowest BCUT2D eigenvalue weighted by molar-refractivity contribution is -0.143. The van der Waals surface area contributed by atoms with Crippen molar-refractivity contribution >= 4 is 35.2 Å². The lowest BCUT2D eigenvalue weighted by Gasteiger charge is -2.26. The third kappa shape index (κ3) is 7.39. The lowest BCUT2D eigenvalue weighted by atomic mass is 9.87. The van der Waals surface area contributed by atoms with Gasteiger partial charge in [-0.1, -0.05) is 17.7 Å². The van der Waals surface area contributed by atoms with Crippen molar-refractivity contribution in [1.29, 1.82) is 0 Å². The predicted octanol–water partition coefficient (Wildman–Crippen LogP) is 4.22. The zero-order valence-corrected chi connectivity index (χ0v) is 19.2. The maximum absolute atomic E-state index is 12.3. The zero-order chi connectivity index (χ0) is 23.8. The summed E-state index contributed by atoms with van der Waals surface area (Å²) in [6.07, 6.45) is 2.63. The highest BCUT2D eigenvalue weighted by Crippen LogP contribution is 2.28. The monoisotopic (exact) mass is 473 g/mol. The highest BCUT2D eigenvalue weighted by Gasteiger charge is 2.26. The standard InChI is InChI=1S/C24H28ClN3O5/c1-15-2-11-21(20(25)14-15)28-24(32)27-13-12-26-22(29)16-3-7-18(8-4-16)33-19-9-5-17(6-10-19)23(30)31/h2-4,7-8,11,14,17,19H,5-6,9-10,12-13H2,1H3,(H,26,29)(H,30,31)(H2,27,28,32)/t17-,19+. The molecule has 1 saturated carbocycles. The Bertz CT molecular complexity index is 988. The number of aryl methyl sites for hydroxylation is 1. The van der Waals surface area contributed by atoms with E-state index < -0.39 is 12.0 Å². The van der Waals surface area contributed by atoms with Crippen molar-refractivity contribution in [2.24, 2.45) is 5.92 Å². The van der Waals surface area contributed by atoms with E-state index in [1.165, 1.54) is 0 Å². The van der Waals surface area contributed by atoms with Gasteiger partial charge in [0.2, 0.25) is 0 Å². The molecular formula is C24H28ClN3O5.